The molecule has 0 fully saturated rings. The second kappa shape index (κ2) is 10.6. The third kappa shape index (κ3) is 6.76. The maximum Gasteiger partial charge on any atom is 0.321 e. The van der Waals surface area contributed by atoms with Crippen molar-refractivity contribution < 1.29 is 23.9 Å². The fourth-order valence-corrected chi connectivity index (χ4v) is 2.51. The molecule has 0 aliphatic heterocycles. The number of urea groups is 1. The van der Waals surface area contributed by atoms with E-state index in [0.717, 1.165) is 5.56 Å². The highest BCUT2D eigenvalue weighted by atomic mass is 16.5. The fourth-order valence-electron chi connectivity index (χ4n) is 2.51. The number of hydrogen-bond acceptors (Lipinski definition) is 5. The van der Waals surface area contributed by atoms with Gasteiger partial charge in [0.1, 0.15) is 0 Å². The lowest BCUT2D eigenvalue weighted by Crippen LogP contribution is -2.43. The van der Waals surface area contributed by atoms with E-state index in [9.17, 15) is 19.2 Å². The summed E-state index contributed by atoms with van der Waals surface area (Å²) in [5.41, 5.74) is 1.18. The Labute approximate surface area is 168 Å². The van der Waals surface area contributed by atoms with Crippen LogP contribution in [-0.2, 0) is 14.3 Å². The van der Waals surface area contributed by atoms with Gasteiger partial charge in [-0.15, -0.1) is 0 Å². The van der Waals surface area contributed by atoms with Gasteiger partial charge in [0.25, 0.3) is 11.8 Å². The highest BCUT2D eigenvalue weighted by molar-refractivity contribution is 5.97. The molecule has 0 heterocycles. The Morgan fingerprint density at radius 3 is 2.10 bits per heavy atom. The van der Waals surface area contributed by atoms with Gasteiger partial charge in [0.2, 0.25) is 0 Å². The molecule has 4 amide bonds. The van der Waals surface area contributed by atoms with Crippen LogP contribution >= 0.6 is 0 Å². The normalized spacial score (nSPS) is 12.2. The average Bonchev–Trinajstić information content (AvgIpc) is 2.74. The number of hydrogen-bond donors (Lipinski definition) is 3. The fraction of sp³-hybridized carbons (Fsp3) is 0.238. The molecule has 3 N–H and O–H groups in total. The van der Waals surface area contributed by atoms with Crippen LogP contribution in [0.1, 0.15) is 35.3 Å². The van der Waals surface area contributed by atoms with E-state index in [2.05, 4.69) is 10.6 Å². The summed E-state index contributed by atoms with van der Waals surface area (Å²) in [5.74, 6) is -1.77. The zero-order valence-electron chi connectivity index (χ0n) is 16.2. The van der Waals surface area contributed by atoms with Gasteiger partial charge in [-0.25, -0.2) is 4.79 Å². The molecule has 2 rings (SSSR count). The van der Waals surface area contributed by atoms with Crippen molar-refractivity contribution in [2.75, 3.05) is 7.05 Å². The summed E-state index contributed by atoms with van der Waals surface area (Å²) in [6, 6.07) is 16.2. The van der Waals surface area contributed by atoms with Crippen LogP contribution < -0.4 is 16.0 Å². The first-order chi connectivity index (χ1) is 13.9. The Hall–Kier alpha value is -3.68. The SMILES string of the molecule is CNC(=O)NC(=O)[C@H](C)OC(=O)C[C@@H](NC(=O)c1ccccc1)c1ccccc1. The van der Waals surface area contributed by atoms with Gasteiger partial charge in [-0.2, -0.15) is 0 Å². The van der Waals surface area contributed by atoms with Crippen molar-refractivity contribution >= 4 is 23.8 Å². The summed E-state index contributed by atoms with van der Waals surface area (Å²) < 4.78 is 5.11. The summed E-state index contributed by atoms with van der Waals surface area (Å²) in [6.45, 7) is 1.36. The average molecular weight is 397 g/mol. The van der Waals surface area contributed by atoms with E-state index >= 15 is 0 Å². The molecular formula is C21H23N3O5. The molecule has 0 saturated heterocycles. The maximum atomic E-state index is 12.5. The maximum absolute atomic E-state index is 12.5. The summed E-state index contributed by atoms with van der Waals surface area (Å²) in [4.78, 5) is 47.9. The van der Waals surface area contributed by atoms with Gasteiger partial charge >= 0.3 is 12.0 Å². The highest BCUT2D eigenvalue weighted by Gasteiger charge is 2.24. The van der Waals surface area contributed by atoms with E-state index in [4.69, 9.17) is 4.74 Å². The first-order valence-electron chi connectivity index (χ1n) is 9.03. The summed E-state index contributed by atoms with van der Waals surface area (Å²) in [6.07, 6.45) is -1.35. The van der Waals surface area contributed by atoms with Crippen LogP contribution in [0.2, 0.25) is 0 Å². The number of nitrogens with one attached hydrogen (secondary N) is 3. The predicted octanol–water partition coefficient (Wildman–Crippen LogP) is 1.94. The molecule has 0 unspecified atom stereocenters. The van der Waals surface area contributed by atoms with Crippen molar-refractivity contribution in [3.05, 3.63) is 71.8 Å². The monoisotopic (exact) mass is 397 g/mol. The Kier molecular flexibility index (Phi) is 7.90. The molecule has 0 bridgehead atoms. The minimum atomic E-state index is -1.17. The van der Waals surface area contributed by atoms with Gasteiger partial charge in [0.05, 0.1) is 12.5 Å². The predicted molar refractivity (Wildman–Crippen MR) is 106 cm³/mol. The second-order valence-electron chi connectivity index (χ2n) is 6.21. The van der Waals surface area contributed by atoms with Crippen molar-refractivity contribution in [2.24, 2.45) is 0 Å². The molecule has 0 radical (unpaired) electrons. The molecule has 152 valence electrons. The lowest BCUT2D eigenvalue weighted by atomic mass is 10.0. The number of rotatable bonds is 7. The largest absolute Gasteiger partial charge is 0.452 e. The number of benzene rings is 2. The summed E-state index contributed by atoms with van der Waals surface area (Å²) in [5, 5.41) is 7.09. The standard InChI is InChI=1S/C21H23N3O5/c1-14(19(26)24-21(28)22-2)29-18(25)13-17(15-9-5-3-6-10-15)23-20(27)16-11-7-4-8-12-16/h3-12,14,17H,13H2,1-2H3,(H,23,27)(H2,22,24,26,28)/t14-,17+/m0/s1. The number of carbonyl (C=O) groups is 4. The van der Waals surface area contributed by atoms with Crippen molar-refractivity contribution in [2.45, 2.75) is 25.5 Å². The van der Waals surface area contributed by atoms with Crippen molar-refractivity contribution in [3.8, 4) is 0 Å². The Morgan fingerprint density at radius 2 is 1.52 bits per heavy atom. The van der Waals surface area contributed by atoms with Crippen LogP contribution in [-0.4, -0.2) is 37.0 Å². The first kappa shape index (κ1) is 21.6. The smallest absolute Gasteiger partial charge is 0.321 e. The minimum absolute atomic E-state index is 0.180. The number of amides is 4. The molecule has 0 aliphatic rings. The van der Waals surface area contributed by atoms with Gasteiger partial charge in [-0.3, -0.25) is 19.7 Å². The molecule has 0 aromatic heterocycles. The lowest BCUT2D eigenvalue weighted by Gasteiger charge is -2.20. The van der Waals surface area contributed by atoms with Crippen molar-refractivity contribution in [1.82, 2.24) is 16.0 Å². The molecule has 0 spiro atoms. The quantitative estimate of drug-likeness (QED) is 0.618. The lowest BCUT2D eigenvalue weighted by molar-refractivity contribution is -0.154. The van der Waals surface area contributed by atoms with Gasteiger partial charge < -0.3 is 15.4 Å². The summed E-state index contributed by atoms with van der Waals surface area (Å²) >= 11 is 0. The van der Waals surface area contributed by atoms with Crippen LogP contribution in [0.4, 0.5) is 4.79 Å². The minimum Gasteiger partial charge on any atom is -0.452 e. The third-order valence-electron chi connectivity index (χ3n) is 4.06. The van der Waals surface area contributed by atoms with Gasteiger partial charge in [0, 0.05) is 12.6 Å². The zero-order chi connectivity index (χ0) is 21.2. The van der Waals surface area contributed by atoms with Gasteiger partial charge in [0.15, 0.2) is 6.10 Å². The molecule has 2 aromatic rings. The second-order valence-corrected chi connectivity index (χ2v) is 6.21. The number of imide groups is 1. The zero-order valence-corrected chi connectivity index (χ0v) is 16.2. The molecule has 0 saturated carbocycles. The van der Waals surface area contributed by atoms with E-state index in [1.54, 1.807) is 54.6 Å². The third-order valence-corrected chi connectivity index (χ3v) is 4.06. The molecule has 2 aromatic carbocycles. The molecular weight excluding hydrogens is 374 g/mol. The van der Waals surface area contributed by atoms with Crippen LogP contribution in [0.3, 0.4) is 0 Å². The van der Waals surface area contributed by atoms with E-state index in [1.165, 1.54) is 14.0 Å². The summed E-state index contributed by atoms with van der Waals surface area (Å²) in [7, 11) is 1.36. The van der Waals surface area contributed by atoms with Crippen molar-refractivity contribution in [1.29, 1.82) is 0 Å². The van der Waals surface area contributed by atoms with Gasteiger partial charge in [-0.05, 0) is 24.6 Å². The topological polar surface area (TPSA) is 114 Å². The number of carbonyl (C=O) groups excluding carboxylic acids is 4. The van der Waals surface area contributed by atoms with Crippen LogP contribution in [0.25, 0.3) is 0 Å². The number of esters is 1. The number of ether oxygens (including phenoxy) is 1. The van der Waals surface area contributed by atoms with Crippen LogP contribution in [0.5, 0.6) is 0 Å². The Balaban J connectivity index is 2.05. The Bertz CT molecular complexity index is 855. The molecule has 8 nitrogen and oxygen atoms in total. The van der Waals surface area contributed by atoms with Crippen LogP contribution in [0, 0.1) is 0 Å². The Morgan fingerprint density at radius 1 is 0.931 bits per heavy atom. The molecule has 0 aliphatic carbocycles. The van der Waals surface area contributed by atoms with E-state index < -0.39 is 30.1 Å². The first-order valence-corrected chi connectivity index (χ1v) is 9.03. The van der Waals surface area contributed by atoms with Crippen LogP contribution in [0.15, 0.2) is 60.7 Å². The highest BCUT2D eigenvalue weighted by Crippen LogP contribution is 2.18. The molecule has 2 atom stereocenters. The van der Waals surface area contributed by atoms with E-state index in [0.29, 0.717) is 5.56 Å². The van der Waals surface area contributed by atoms with Gasteiger partial charge in [-0.1, -0.05) is 48.5 Å². The molecule has 29 heavy (non-hydrogen) atoms. The van der Waals surface area contributed by atoms with Crippen molar-refractivity contribution in [3.63, 3.8) is 0 Å². The van der Waals surface area contributed by atoms with E-state index in [-0.39, 0.29) is 12.3 Å². The van der Waals surface area contributed by atoms with E-state index in [1.807, 2.05) is 11.4 Å². The molecule has 8 heteroatoms.